The molecule has 5 heteroatoms. The van der Waals surface area contributed by atoms with Crippen LogP contribution >= 0.6 is 11.6 Å². The first-order valence-electron chi connectivity index (χ1n) is 5.86. The summed E-state index contributed by atoms with van der Waals surface area (Å²) >= 11 is 5.98. The Morgan fingerprint density at radius 3 is 2.89 bits per heavy atom. The van der Waals surface area contributed by atoms with E-state index in [9.17, 15) is 0 Å². The van der Waals surface area contributed by atoms with Crippen molar-refractivity contribution in [1.29, 1.82) is 5.26 Å². The molecular formula is C13H18ClN3O. The average Bonchev–Trinajstić information content (AvgIpc) is 2.36. The average molecular weight is 268 g/mol. The number of benzene rings is 1. The quantitative estimate of drug-likeness (QED) is 0.796. The normalized spacial score (nSPS) is 11.9. The minimum atomic E-state index is 0.197. The maximum atomic E-state index is 8.80. The molecule has 4 nitrogen and oxygen atoms in total. The lowest BCUT2D eigenvalue weighted by Gasteiger charge is -2.19. The van der Waals surface area contributed by atoms with E-state index in [1.165, 1.54) is 0 Å². The number of halogens is 1. The lowest BCUT2D eigenvalue weighted by atomic mass is 10.1. The maximum absolute atomic E-state index is 8.80. The SMILES string of the molecule is COCC(CCCN)Nc1ccc(C#N)c(Cl)c1. The Labute approximate surface area is 113 Å². The van der Waals surface area contributed by atoms with Crippen LogP contribution < -0.4 is 11.1 Å². The van der Waals surface area contributed by atoms with Gasteiger partial charge >= 0.3 is 0 Å². The zero-order valence-electron chi connectivity index (χ0n) is 10.4. The van der Waals surface area contributed by atoms with Crippen LogP contribution in [0.1, 0.15) is 18.4 Å². The largest absolute Gasteiger partial charge is 0.383 e. The van der Waals surface area contributed by atoms with Crippen LogP contribution in [0.2, 0.25) is 5.02 Å². The molecule has 0 saturated heterocycles. The van der Waals surface area contributed by atoms with Crippen LogP contribution in [0.3, 0.4) is 0 Å². The van der Waals surface area contributed by atoms with Gasteiger partial charge in [0.25, 0.3) is 0 Å². The van der Waals surface area contributed by atoms with Crippen molar-refractivity contribution in [2.75, 3.05) is 25.6 Å². The molecule has 0 heterocycles. The smallest absolute Gasteiger partial charge is 0.101 e. The first kappa shape index (κ1) is 14.8. The van der Waals surface area contributed by atoms with E-state index in [-0.39, 0.29) is 6.04 Å². The van der Waals surface area contributed by atoms with Crippen molar-refractivity contribution in [3.63, 3.8) is 0 Å². The van der Waals surface area contributed by atoms with Gasteiger partial charge in [-0.1, -0.05) is 11.6 Å². The second-order valence-electron chi connectivity index (χ2n) is 4.03. The summed E-state index contributed by atoms with van der Waals surface area (Å²) in [6.45, 7) is 1.27. The molecule has 98 valence electrons. The van der Waals surface area contributed by atoms with Crippen molar-refractivity contribution in [2.24, 2.45) is 5.73 Å². The molecule has 1 aromatic carbocycles. The fourth-order valence-electron chi connectivity index (χ4n) is 1.69. The van der Waals surface area contributed by atoms with Crippen LogP contribution in [-0.4, -0.2) is 26.3 Å². The van der Waals surface area contributed by atoms with E-state index in [1.54, 1.807) is 19.2 Å². The van der Waals surface area contributed by atoms with Crippen molar-refractivity contribution < 1.29 is 4.74 Å². The zero-order valence-corrected chi connectivity index (χ0v) is 11.2. The number of nitrogens with zero attached hydrogens (tertiary/aromatic N) is 1. The summed E-state index contributed by atoms with van der Waals surface area (Å²) in [6, 6.07) is 7.53. The molecule has 1 atom stereocenters. The van der Waals surface area contributed by atoms with Crippen molar-refractivity contribution in [1.82, 2.24) is 0 Å². The van der Waals surface area contributed by atoms with Crippen LogP contribution in [0.4, 0.5) is 5.69 Å². The van der Waals surface area contributed by atoms with Crippen molar-refractivity contribution >= 4 is 17.3 Å². The van der Waals surface area contributed by atoms with Crippen LogP contribution in [0.5, 0.6) is 0 Å². The van der Waals surface area contributed by atoms with Gasteiger partial charge in [0.05, 0.1) is 17.2 Å². The summed E-state index contributed by atoms with van der Waals surface area (Å²) in [5, 5.41) is 12.6. The highest BCUT2D eigenvalue weighted by Gasteiger charge is 2.09. The third kappa shape index (κ3) is 4.53. The summed E-state index contributed by atoms with van der Waals surface area (Å²) in [5.74, 6) is 0. The van der Waals surface area contributed by atoms with E-state index in [0.717, 1.165) is 18.5 Å². The molecular weight excluding hydrogens is 250 g/mol. The van der Waals surface area contributed by atoms with Crippen molar-refractivity contribution in [3.8, 4) is 6.07 Å². The van der Waals surface area contributed by atoms with Crippen LogP contribution in [0.15, 0.2) is 18.2 Å². The molecule has 1 unspecified atom stereocenters. The Bertz CT molecular complexity index is 417. The summed E-state index contributed by atoms with van der Waals surface area (Å²) in [4.78, 5) is 0. The fraction of sp³-hybridized carbons (Fsp3) is 0.462. The number of hydrogen-bond donors (Lipinski definition) is 2. The Morgan fingerprint density at radius 2 is 2.33 bits per heavy atom. The van der Waals surface area contributed by atoms with Crippen molar-refractivity contribution in [3.05, 3.63) is 28.8 Å². The van der Waals surface area contributed by atoms with Gasteiger partial charge in [0, 0.05) is 18.8 Å². The summed E-state index contributed by atoms with van der Waals surface area (Å²) < 4.78 is 5.16. The predicted molar refractivity (Wildman–Crippen MR) is 73.7 cm³/mol. The third-order valence-corrected chi connectivity index (χ3v) is 2.90. The number of nitriles is 1. The fourth-order valence-corrected chi connectivity index (χ4v) is 1.92. The molecule has 0 amide bonds. The number of hydrogen-bond acceptors (Lipinski definition) is 4. The predicted octanol–water partition coefficient (Wildman–Crippen LogP) is 2.38. The lowest BCUT2D eigenvalue weighted by molar-refractivity contribution is 0.182. The van der Waals surface area contributed by atoms with Crippen LogP contribution in [0, 0.1) is 11.3 Å². The topological polar surface area (TPSA) is 71.1 Å². The summed E-state index contributed by atoms with van der Waals surface area (Å²) in [5.41, 5.74) is 6.87. The second kappa shape index (κ2) is 7.93. The highest BCUT2D eigenvalue weighted by atomic mass is 35.5. The van der Waals surface area contributed by atoms with E-state index in [4.69, 9.17) is 27.3 Å². The minimum Gasteiger partial charge on any atom is -0.383 e. The number of nitrogens with one attached hydrogen (secondary N) is 1. The Morgan fingerprint density at radius 1 is 1.56 bits per heavy atom. The van der Waals surface area contributed by atoms with Gasteiger partial charge in [-0.2, -0.15) is 5.26 Å². The molecule has 0 aliphatic rings. The van der Waals surface area contributed by atoms with E-state index >= 15 is 0 Å². The van der Waals surface area contributed by atoms with Gasteiger partial charge in [-0.3, -0.25) is 0 Å². The van der Waals surface area contributed by atoms with Gasteiger partial charge in [0.2, 0.25) is 0 Å². The third-order valence-electron chi connectivity index (χ3n) is 2.58. The standard InChI is InChI=1S/C13H18ClN3O/c1-18-9-12(3-2-6-15)17-11-5-4-10(8-16)13(14)7-11/h4-5,7,12,17H,2-3,6,9,15H2,1H3. The number of nitrogens with two attached hydrogens (primary N) is 1. The van der Waals surface area contributed by atoms with Crippen LogP contribution in [0.25, 0.3) is 0 Å². The van der Waals surface area contributed by atoms with Gasteiger partial charge in [0.1, 0.15) is 6.07 Å². The first-order valence-corrected chi connectivity index (χ1v) is 6.24. The number of methoxy groups -OCH3 is 1. The van der Waals surface area contributed by atoms with Gasteiger partial charge in [-0.15, -0.1) is 0 Å². The highest BCUT2D eigenvalue weighted by molar-refractivity contribution is 6.32. The van der Waals surface area contributed by atoms with Gasteiger partial charge in [0.15, 0.2) is 0 Å². The molecule has 0 aromatic heterocycles. The van der Waals surface area contributed by atoms with Gasteiger partial charge in [-0.05, 0) is 37.6 Å². The number of ether oxygens (including phenoxy) is 1. The maximum Gasteiger partial charge on any atom is 0.101 e. The highest BCUT2D eigenvalue weighted by Crippen LogP contribution is 2.21. The molecule has 0 spiro atoms. The van der Waals surface area contributed by atoms with E-state index < -0.39 is 0 Å². The Balaban J connectivity index is 2.68. The van der Waals surface area contributed by atoms with Gasteiger partial charge in [-0.25, -0.2) is 0 Å². The molecule has 0 saturated carbocycles. The van der Waals surface area contributed by atoms with E-state index in [0.29, 0.717) is 23.7 Å². The molecule has 1 aromatic rings. The van der Waals surface area contributed by atoms with Gasteiger partial charge < -0.3 is 15.8 Å². The zero-order chi connectivity index (χ0) is 13.4. The molecule has 0 fully saturated rings. The molecule has 1 rings (SSSR count). The Hall–Kier alpha value is -1.28. The number of anilines is 1. The molecule has 0 aliphatic carbocycles. The monoisotopic (exact) mass is 267 g/mol. The summed E-state index contributed by atoms with van der Waals surface area (Å²) in [6.07, 6.45) is 1.87. The van der Waals surface area contributed by atoms with E-state index in [1.807, 2.05) is 12.1 Å². The second-order valence-corrected chi connectivity index (χ2v) is 4.44. The van der Waals surface area contributed by atoms with Crippen molar-refractivity contribution in [2.45, 2.75) is 18.9 Å². The molecule has 0 radical (unpaired) electrons. The Kier molecular flexibility index (Phi) is 6.51. The molecule has 0 aliphatic heterocycles. The lowest BCUT2D eigenvalue weighted by Crippen LogP contribution is -2.25. The van der Waals surface area contributed by atoms with E-state index in [2.05, 4.69) is 5.32 Å². The molecule has 3 N–H and O–H groups in total. The number of rotatable bonds is 7. The summed E-state index contributed by atoms with van der Waals surface area (Å²) in [7, 11) is 1.67. The molecule has 0 bridgehead atoms. The minimum absolute atomic E-state index is 0.197. The first-order chi connectivity index (χ1) is 8.71. The molecule has 18 heavy (non-hydrogen) atoms. The van der Waals surface area contributed by atoms with Crippen LogP contribution in [-0.2, 0) is 4.74 Å².